The molecule has 2 rings (SSSR count). The predicted molar refractivity (Wildman–Crippen MR) is 87.2 cm³/mol. The first kappa shape index (κ1) is 16.0. The smallest absolute Gasteiger partial charge is 0.269 e. The number of hydrogen-bond acceptors (Lipinski definition) is 4. The van der Waals surface area contributed by atoms with Crippen molar-refractivity contribution in [1.82, 2.24) is 0 Å². The van der Waals surface area contributed by atoms with Gasteiger partial charge in [0.1, 0.15) is 12.4 Å². The van der Waals surface area contributed by atoms with Crippen molar-refractivity contribution in [3.8, 4) is 18.1 Å². The number of ether oxygens (including phenoxy) is 1. The van der Waals surface area contributed by atoms with E-state index in [0.29, 0.717) is 11.3 Å². The number of nitro benzene ring substituents is 1. The second-order valence-electron chi connectivity index (χ2n) is 4.56. The highest BCUT2D eigenvalue weighted by Crippen LogP contribution is 2.15. The van der Waals surface area contributed by atoms with Crippen molar-refractivity contribution in [3.63, 3.8) is 0 Å². The zero-order valence-corrected chi connectivity index (χ0v) is 12.1. The largest absolute Gasteiger partial charge is 0.481 e. The first-order valence-corrected chi connectivity index (χ1v) is 6.73. The molecule has 23 heavy (non-hydrogen) atoms. The molecule has 0 amide bonds. The molecule has 114 valence electrons. The molecule has 0 saturated heterocycles. The maximum Gasteiger partial charge on any atom is 0.269 e. The van der Waals surface area contributed by atoms with Crippen LogP contribution >= 0.6 is 0 Å². The fourth-order valence-corrected chi connectivity index (χ4v) is 1.82. The van der Waals surface area contributed by atoms with Crippen LogP contribution in [0.4, 0.5) is 5.69 Å². The van der Waals surface area contributed by atoms with E-state index in [2.05, 4.69) is 5.92 Å². The van der Waals surface area contributed by atoms with Gasteiger partial charge in [0.25, 0.3) is 5.69 Å². The Kier molecular flexibility index (Phi) is 5.26. The second-order valence-corrected chi connectivity index (χ2v) is 4.56. The van der Waals surface area contributed by atoms with Gasteiger partial charge in [0.2, 0.25) is 0 Å². The van der Waals surface area contributed by atoms with Gasteiger partial charge in [-0.3, -0.25) is 14.9 Å². The van der Waals surface area contributed by atoms with E-state index in [1.807, 2.05) is 0 Å². The van der Waals surface area contributed by atoms with E-state index in [-0.39, 0.29) is 18.1 Å². The first-order valence-electron chi connectivity index (χ1n) is 6.73. The van der Waals surface area contributed by atoms with Gasteiger partial charge < -0.3 is 4.74 Å². The van der Waals surface area contributed by atoms with Crippen LogP contribution in [-0.4, -0.2) is 17.3 Å². The van der Waals surface area contributed by atoms with Crippen molar-refractivity contribution >= 4 is 17.5 Å². The van der Waals surface area contributed by atoms with E-state index >= 15 is 0 Å². The number of ketones is 1. The van der Waals surface area contributed by atoms with Gasteiger partial charge in [0.05, 0.1) is 4.92 Å². The summed E-state index contributed by atoms with van der Waals surface area (Å²) in [5.74, 6) is 2.80. The summed E-state index contributed by atoms with van der Waals surface area (Å²) in [5, 5.41) is 10.6. The van der Waals surface area contributed by atoms with Crippen LogP contribution in [0.5, 0.6) is 5.75 Å². The van der Waals surface area contributed by atoms with Gasteiger partial charge in [-0.1, -0.05) is 24.1 Å². The summed E-state index contributed by atoms with van der Waals surface area (Å²) in [4.78, 5) is 22.1. The third-order valence-corrected chi connectivity index (χ3v) is 2.99. The van der Waals surface area contributed by atoms with Crippen molar-refractivity contribution in [2.45, 2.75) is 0 Å². The maximum atomic E-state index is 12.0. The molecule has 5 nitrogen and oxygen atoms in total. The number of benzene rings is 2. The van der Waals surface area contributed by atoms with Gasteiger partial charge >= 0.3 is 0 Å². The lowest BCUT2D eigenvalue weighted by atomic mass is 10.1. The summed E-state index contributed by atoms with van der Waals surface area (Å²) in [6.45, 7) is 0.202. The van der Waals surface area contributed by atoms with E-state index in [0.717, 1.165) is 5.56 Å². The first-order chi connectivity index (χ1) is 11.1. The zero-order valence-electron chi connectivity index (χ0n) is 12.1. The molecule has 0 saturated carbocycles. The van der Waals surface area contributed by atoms with E-state index in [1.165, 1.54) is 30.3 Å². The van der Waals surface area contributed by atoms with Gasteiger partial charge in [-0.2, -0.15) is 0 Å². The summed E-state index contributed by atoms with van der Waals surface area (Å²) in [6.07, 6.45) is 8.18. The molecule has 0 aliphatic carbocycles. The molecule has 0 aliphatic heterocycles. The van der Waals surface area contributed by atoms with Crippen molar-refractivity contribution in [2.24, 2.45) is 0 Å². The summed E-state index contributed by atoms with van der Waals surface area (Å²) >= 11 is 0. The highest BCUT2D eigenvalue weighted by atomic mass is 16.6. The fourth-order valence-electron chi connectivity index (χ4n) is 1.82. The fraction of sp³-hybridized carbons (Fsp3) is 0.0556. The predicted octanol–water partition coefficient (Wildman–Crippen LogP) is 3.50. The lowest BCUT2D eigenvalue weighted by Crippen LogP contribution is -1.95. The minimum atomic E-state index is -0.506. The Bertz CT molecular complexity index is 768. The molecule has 0 heterocycles. The van der Waals surface area contributed by atoms with Crippen LogP contribution in [0.1, 0.15) is 15.9 Å². The molecule has 0 unspecified atom stereocenters. The van der Waals surface area contributed by atoms with E-state index in [4.69, 9.17) is 11.2 Å². The molecule has 0 bridgehead atoms. The molecule has 0 aliphatic rings. The molecular formula is C18H13NO4. The van der Waals surface area contributed by atoms with Crippen molar-refractivity contribution < 1.29 is 14.5 Å². The number of carbonyl (C=O) groups excluding carboxylic acids is 1. The minimum Gasteiger partial charge on any atom is -0.481 e. The average Bonchev–Trinajstić information content (AvgIpc) is 2.58. The minimum absolute atomic E-state index is 0.0481. The molecule has 0 aromatic heterocycles. The normalized spacial score (nSPS) is 10.2. The topological polar surface area (TPSA) is 69.4 Å². The van der Waals surface area contributed by atoms with Crippen LogP contribution < -0.4 is 4.74 Å². The van der Waals surface area contributed by atoms with Gasteiger partial charge in [-0.15, -0.1) is 6.42 Å². The number of terminal acetylenes is 1. The zero-order chi connectivity index (χ0) is 16.7. The van der Waals surface area contributed by atoms with Gasteiger partial charge in [-0.05, 0) is 35.9 Å². The summed E-state index contributed by atoms with van der Waals surface area (Å²) in [7, 11) is 0. The Balaban J connectivity index is 2.03. The number of hydrogen-bond donors (Lipinski definition) is 0. The number of nitro groups is 1. The molecular weight excluding hydrogens is 294 g/mol. The maximum absolute atomic E-state index is 12.0. The Hall–Kier alpha value is -3.39. The van der Waals surface area contributed by atoms with Crippen LogP contribution in [0.15, 0.2) is 54.6 Å². The van der Waals surface area contributed by atoms with Crippen molar-refractivity contribution in [2.75, 3.05) is 6.61 Å². The Morgan fingerprint density at radius 2 is 1.83 bits per heavy atom. The average molecular weight is 307 g/mol. The third kappa shape index (κ3) is 4.55. The lowest BCUT2D eigenvalue weighted by molar-refractivity contribution is -0.384. The van der Waals surface area contributed by atoms with Gasteiger partial charge in [0.15, 0.2) is 5.78 Å². The van der Waals surface area contributed by atoms with Gasteiger partial charge in [-0.25, -0.2) is 0 Å². The van der Waals surface area contributed by atoms with E-state index in [1.54, 1.807) is 30.3 Å². The van der Waals surface area contributed by atoms with Crippen LogP contribution in [-0.2, 0) is 0 Å². The summed E-state index contributed by atoms with van der Waals surface area (Å²) in [6, 6.07) is 12.6. The standard InChI is InChI=1S/C18H13NO4/c1-2-13-23-17-10-3-14(4-11-17)5-12-18(20)15-6-8-16(9-7-15)19(21)22/h1,3-12H,13H2/b12-5+. The highest BCUT2D eigenvalue weighted by molar-refractivity contribution is 6.06. The number of allylic oxidation sites excluding steroid dienone is 1. The SMILES string of the molecule is C#CCOc1ccc(/C=C/C(=O)c2ccc([N+](=O)[O-])cc2)cc1. The van der Waals surface area contributed by atoms with Crippen LogP contribution in [0, 0.1) is 22.5 Å². The number of non-ortho nitro benzene ring substituents is 1. The molecule has 0 atom stereocenters. The summed E-state index contributed by atoms with van der Waals surface area (Å²) < 4.78 is 5.25. The quantitative estimate of drug-likeness (QED) is 0.269. The molecule has 2 aromatic rings. The number of rotatable bonds is 6. The van der Waals surface area contributed by atoms with Crippen LogP contribution in [0.2, 0.25) is 0 Å². The van der Waals surface area contributed by atoms with E-state index < -0.39 is 4.92 Å². The monoisotopic (exact) mass is 307 g/mol. The molecule has 0 spiro atoms. The number of carbonyl (C=O) groups is 1. The molecule has 0 N–H and O–H groups in total. The number of nitrogens with zero attached hydrogens (tertiary/aromatic N) is 1. The molecule has 2 aromatic carbocycles. The second kappa shape index (κ2) is 7.57. The Morgan fingerprint density at radius 1 is 1.17 bits per heavy atom. The molecule has 5 heteroatoms. The van der Waals surface area contributed by atoms with Gasteiger partial charge in [0, 0.05) is 17.7 Å². The molecule has 0 fully saturated rings. The van der Waals surface area contributed by atoms with Crippen molar-refractivity contribution in [1.29, 1.82) is 0 Å². The Labute approximate surface area is 133 Å². The summed E-state index contributed by atoms with van der Waals surface area (Å²) in [5.41, 5.74) is 1.17. The highest BCUT2D eigenvalue weighted by Gasteiger charge is 2.07. The van der Waals surface area contributed by atoms with Crippen molar-refractivity contribution in [3.05, 3.63) is 75.8 Å². The lowest BCUT2D eigenvalue weighted by Gasteiger charge is -2.01. The Morgan fingerprint density at radius 3 is 2.39 bits per heavy atom. The molecule has 0 radical (unpaired) electrons. The third-order valence-electron chi connectivity index (χ3n) is 2.99. The van der Waals surface area contributed by atoms with Crippen LogP contribution in [0.25, 0.3) is 6.08 Å². The van der Waals surface area contributed by atoms with Crippen LogP contribution in [0.3, 0.4) is 0 Å². The van der Waals surface area contributed by atoms with E-state index in [9.17, 15) is 14.9 Å².